The number of hydrogen-bond acceptors (Lipinski definition) is 5. The number of rotatable bonds is 7. The quantitative estimate of drug-likeness (QED) is 0.740. The molecule has 2 atom stereocenters. The molecular formula is C20H25N3O3S. The van der Waals surface area contributed by atoms with E-state index in [0.29, 0.717) is 13.1 Å². The van der Waals surface area contributed by atoms with Gasteiger partial charge in [-0.25, -0.2) is 0 Å². The van der Waals surface area contributed by atoms with Crippen molar-refractivity contribution in [2.24, 2.45) is 5.92 Å². The zero-order valence-electron chi connectivity index (χ0n) is 15.8. The van der Waals surface area contributed by atoms with Crippen molar-refractivity contribution < 1.29 is 14.0 Å². The van der Waals surface area contributed by atoms with Gasteiger partial charge in [0.1, 0.15) is 5.76 Å². The Morgan fingerprint density at radius 3 is 2.67 bits per heavy atom. The van der Waals surface area contributed by atoms with E-state index in [0.717, 1.165) is 16.3 Å². The first kappa shape index (κ1) is 19.5. The van der Waals surface area contributed by atoms with E-state index < -0.39 is 0 Å². The van der Waals surface area contributed by atoms with Gasteiger partial charge in [-0.2, -0.15) is 0 Å². The topological polar surface area (TPSA) is 65.8 Å². The van der Waals surface area contributed by atoms with E-state index in [4.69, 9.17) is 4.42 Å². The third-order valence-corrected chi connectivity index (χ3v) is 5.59. The molecule has 1 aromatic heterocycles. The predicted octanol–water partition coefficient (Wildman–Crippen LogP) is 2.77. The lowest BCUT2D eigenvalue weighted by molar-refractivity contribution is -0.126. The number of thioether (sulfide) groups is 1. The molecule has 0 radical (unpaired) electrons. The summed E-state index contributed by atoms with van der Waals surface area (Å²) in [6.45, 7) is 0.850. The molecule has 6 nitrogen and oxygen atoms in total. The lowest BCUT2D eigenvalue weighted by Gasteiger charge is -2.23. The fraction of sp³-hybridized carbons (Fsp3) is 0.400. The van der Waals surface area contributed by atoms with E-state index in [9.17, 15) is 9.59 Å². The van der Waals surface area contributed by atoms with Crippen LogP contribution in [0, 0.1) is 5.92 Å². The average Bonchev–Trinajstić information content (AvgIpc) is 3.31. The van der Waals surface area contributed by atoms with Crippen molar-refractivity contribution >= 4 is 29.3 Å². The summed E-state index contributed by atoms with van der Waals surface area (Å²) in [4.78, 5) is 29.9. The molecule has 1 fully saturated rings. The van der Waals surface area contributed by atoms with Crippen LogP contribution in [0.15, 0.2) is 52.0 Å². The van der Waals surface area contributed by atoms with Gasteiger partial charge < -0.3 is 14.6 Å². The molecule has 0 spiro atoms. The van der Waals surface area contributed by atoms with Crippen LogP contribution in [0.5, 0.6) is 0 Å². The number of nitrogens with zero attached hydrogens (tertiary/aromatic N) is 2. The van der Waals surface area contributed by atoms with Crippen LogP contribution in [0.3, 0.4) is 0 Å². The van der Waals surface area contributed by atoms with Crippen LogP contribution in [0.1, 0.15) is 18.2 Å². The molecule has 144 valence electrons. The van der Waals surface area contributed by atoms with Crippen LogP contribution in [-0.2, 0) is 9.59 Å². The summed E-state index contributed by atoms with van der Waals surface area (Å²) in [5.41, 5.74) is 0.842. The molecule has 2 heterocycles. The lowest BCUT2D eigenvalue weighted by Crippen LogP contribution is -2.38. The maximum atomic E-state index is 12.6. The van der Waals surface area contributed by atoms with E-state index in [2.05, 4.69) is 5.32 Å². The van der Waals surface area contributed by atoms with E-state index in [1.807, 2.05) is 61.6 Å². The number of furan rings is 1. The zero-order chi connectivity index (χ0) is 19.4. The second-order valence-electron chi connectivity index (χ2n) is 6.84. The van der Waals surface area contributed by atoms with Crippen LogP contribution >= 0.6 is 11.8 Å². The van der Waals surface area contributed by atoms with Gasteiger partial charge >= 0.3 is 0 Å². The summed E-state index contributed by atoms with van der Waals surface area (Å²) in [7, 11) is 3.89. The first-order chi connectivity index (χ1) is 13.0. The molecular weight excluding hydrogens is 362 g/mol. The van der Waals surface area contributed by atoms with Crippen LogP contribution in [0.4, 0.5) is 5.69 Å². The number of amides is 2. The van der Waals surface area contributed by atoms with Gasteiger partial charge in [0, 0.05) is 30.1 Å². The first-order valence-electron chi connectivity index (χ1n) is 8.91. The smallest absolute Gasteiger partial charge is 0.227 e. The van der Waals surface area contributed by atoms with E-state index in [1.54, 1.807) is 22.9 Å². The number of hydrogen-bond donors (Lipinski definition) is 1. The highest BCUT2D eigenvalue weighted by Gasteiger charge is 2.35. The van der Waals surface area contributed by atoms with Crippen molar-refractivity contribution in [3.63, 3.8) is 0 Å². The van der Waals surface area contributed by atoms with Crippen molar-refractivity contribution in [1.82, 2.24) is 10.2 Å². The Labute approximate surface area is 163 Å². The molecule has 0 aliphatic carbocycles. The Morgan fingerprint density at radius 1 is 1.33 bits per heavy atom. The third kappa shape index (κ3) is 4.54. The fourth-order valence-electron chi connectivity index (χ4n) is 3.26. The third-order valence-electron chi connectivity index (χ3n) is 4.84. The molecule has 0 bridgehead atoms. The van der Waals surface area contributed by atoms with E-state index >= 15 is 0 Å². The van der Waals surface area contributed by atoms with Gasteiger partial charge in [0.15, 0.2) is 0 Å². The largest absolute Gasteiger partial charge is 0.468 e. The SMILES string of the molecule is CSc1ccc(N2CC(C(=O)NCC(c3ccco3)N(C)C)CC2=O)cc1. The molecule has 7 heteroatoms. The number of carbonyl (C=O) groups excluding carboxylic acids is 2. The Balaban J connectivity index is 1.60. The second kappa shape index (κ2) is 8.63. The molecule has 1 aliphatic rings. The molecule has 2 amide bonds. The van der Waals surface area contributed by atoms with Crippen LogP contribution in [0.25, 0.3) is 0 Å². The highest BCUT2D eigenvalue weighted by atomic mass is 32.2. The van der Waals surface area contributed by atoms with Crippen LogP contribution in [-0.4, -0.2) is 50.2 Å². The summed E-state index contributed by atoms with van der Waals surface area (Å²) in [6, 6.07) is 11.5. The Kier molecular flexibility index (Phi) is 6.23. The molecule has 1 saturated heterocycles. The van der Waals surface area contributed by atoms with Gasteiger partial charge in [-0.15, -0.1) is 11.8 Å². The van der Waals surface area contributed by atoms with Crippen molar-refractivity contribution in [3.8, 4) is 0 Å². The normalized spacial score (nSPS) is 18.1. The maximum Gasteiger partial charge on any atom is 0.227 e. The van der Waals surface area contributed by atoms with Gasteiger partial charge in [0.05, 0.1) is 18.2 Å². The second-order valence-corrected chi connectivity index (χ2v) is 7.72. The molecule has 0 saturated carbocycles. The molecule has 1 aromatic carbocycles. The monoisotopic (exact) mass is 387 g/mol. The zero-order valence-corrected chi connectivity index (χ0v) is 16.7. The minimum atomic E-state index is -0.336. The molecule has 2 aromatic rings. The number of anilines is 1. The minimum Gasteiger partial charge on any atom is -0.468 e. The minimum absolute atomic E-state index is 0.0118. The number of likely N-dealkylation sites (N-methyl/N-ethyl adjacent to an activating group) is 1. The van der Waals surface area contributed by atoms with Gasteiger partial charge in [0.25, 0.3) is 0 Å². The van der Waals surface area contributed by atoms with Gasteiger partial charge in [-0.1, -0.05) is 0 Å². The van der Waals surface area contributed by atoms with E-state index in [-0.39, 0.29) is 30.2 Å². The van der Waals surface area contributed by atoms with Crippen molar-refractivity contribution in [3.05, 3.63) is 48.4 Å². The fourth-order valence-corrected chi connectivity index (χ4v) is 3.66. The molecule has 3 rings (SSSR count). The Hall–Kier alpha value is -2.25. The van der Waals surface area contributed by atoms with Gasteiger partial charge in [0.2, 0.25) is 11.8 Å². The highest BCUT2D eigenvalue weighted by molar-refractivity contribution is 7.98. The van der Waals surface area contributed by atoms with Gasteiger partial charge in [-0.05, 0) is 56.7 Å². The molecule has 27 heavy (non-hydrogen) atoms. The Morgan fingerprint density at radius 2 is 2.07 bits per heavy atom. The standard InChI is InChI=1S/C20H25N3O3S/c1-22(2)17(18-5-4-10-26-18)12-21-20(25)14-11-19(24)23(13-14)15-6-8-16(27-3)9-7-15/h4-10,14,17H,11-13H2,1-3H3,(H,21,25). The Bertz CT molecular complexity index is 774. The van der Waals surface area contributed by atoms with Crippen LogP contribution in [0.2, 0.25) is 0 Å². The summed E-state index contributed by atoms with van der Waals surface area (Å²) in [5.74, 6) is 0.364. The average molecular weight is 388 g/mol. The number of carbonyl (C=O) groups is 2. The summed E-state index contributed by atoms with van der Waals surface area (Å²) in [5, 5.41) is 2.98. The van der Waals surface area contributed by atoms with E-state index in [1.165, 1.54) is 0 Å². The van der Waals surface area contributed by atoms with Crippen molar-refractivity contribution in [2.45, 2.75) is 17.4 Å². The van der Waals surface area contributed by atoms with Crippen LogP contribution < -0.4 is 10.2 Å². The van der Waals surface area contributed by atoms with Crippen molar-refractivity contribution in [2.75, 3.05) is 38.3 Å². The summed E-state index contributed by atoms with van der Waals surface area (Å²) in [6.07, 6.45) is 3.88. The lowest BCUT2D eigenvalue weighted by atomic mass is 10.1. The molecule has 1 aliphatic heterocycles. The summed E-state index contributed by atoms with van der Waals surface area (Å²) >= 11 is 1.66. The number of nitrogens with one attached hydrogen (secondary N) is 1. The first-order valence-corrected chi connectivity index (χ1v) is 10.1. The maximum absolute atomic E-state index is 12.6. The summed E-state index contributed by atoms with van der Waals surface area (Å²) < 4.78 is 5.47. The van der Waals surface area contributed by atoms with Gasteiger partial charge in [-0.3, -0.25) is 14.5 Å². The van der Waals surface area contributed by atoms with Crippen molar-refractivity contribution in [1.29, 1.82) is 0 Å². The molecule has 2 unspecified atom stereocenters. The molecule has 1 N–H and O–H groups in total. The number of benzene rings is 1. The predicted molar refractivity (Wildman–Crippen MR) is 107 cm³/mol. The highest BCUT2D eigenvalue weighted by Crippen LogP contribution is 2.27.